The Bertz CT molecular complexity index is 1060. The summed E-state index contributed by atoms with van der Waals surface area (Å²) in [7, 11) is 0. The molecule has 0 bridgehead atoms. The lowest BCUT2D eigenvalue weighted by Gasteiger charge is -2.21. The number of pyridine rings is 1. The Morgan fingerprint density at radius 2 is 2.00 bits per heavy atom. The maximum atomic E-state index is 13.3. The zero-order chi connectivity index (χ0) is 24.5. The summed E-state index contributed by atoms with van der Waals surface area (Å²) >= 11 is 7.37. The van der Waals surface area contributed by atoms with E-state index >= 15 is 0 Å². The Morgan fingerprint density at radius 3 is 2.68 bits per heavy atom. The van der Waals surface area contributed by atoms with Gasteiger partial charge >= 0.3 is 0 Å². The summed E-state index contributed by atoms with van der Waals surface area (Å²) in [6, 6.07) is 3.33. The van der Waals surface area contributed by atoms with Crippen LogP contribution in [0, 0.1) is 12.8 Å². The van der Waals surface area contributed by atoms with Gasteiger partial charge < -0.3 is 16.0 Å². The second-order valence-electron chi connectivity index (χ2n) is 9.29. The van der Waals surface area contributed by atoms with Crippen LogP contribution in [0.5, 0.6) is 0 Å². The quantitative estimate of drug-likeness (QED) is 0.417. The highest BCUT2D eigenvalue weighted by Crippen LogP contribution is 2.41. The van der Waals surface area contributed by atoms with E-state index in [0.29, 0.717) is 22.2 Å². The van der Waals surface area contributed by atoms with E-state index in [-0.39, 0.29) is 18.4 Å². The van der Waals surface area contributed by atoms with Crippen molar-refractivity contribution < 1.29 is 18.4 Å². The number of aromatic nitrogens is 1. The van der Waals surface area contributed by atoms with Gasteiger partial charge in [0.2, 0.25) is 5.91 Å². The fraction of sp³-hybridized carbons (Fsp3) is 0.542. The molecule has 2 aliphatic rings. The van der Waals surface area contributed by atoms with Crippen molar-refractivity contribution >= 4 is 40.4 Å². The van der Waals surface area contributed by atoms with E-state index in [9.17, 15) is 18.4 Å². The molecule has 0 aromatic carbocycles. The summed E-state index contributed by atoms with van der Waals surface area (Å²) in [5.41, 5.74) is 1.62. The van der Waals surface area contributed by atoms with Gasteiger partial charge in [0.1, 0.15) is 6.04 Å². The van der Waals surface area contributed by atoms with Crippen LogP contribution in [0.3, 0.4) is 0 Å². The molecule has 0 aliphatic heterocycles. The van der Waals surface area contributed by atoms with Gasteiger partial charge in [0, 0.05) is 17.5 Å². The molecule has 2 aromatic heterocycles. The minimum atomic E-state index is -2.85. The molecule has 2 aromatic rings. The molecule has 2 saturated carbocycles. The van der Waals surface area contributed by atoms with Gasteiger partial charge in [0.25, 0.3) is 11.8 Å². The summed E-state index contributed by atoms with van der Waals surface area (Å²) in [5, 5.41) is 9.10. The molecule has 6 nitrogen and oxygen atoms in total. The Kier molecular flexibility index (Phi) is 7.42. The number of carbonyl (C=O) groups excluding carboxylic acids is 2. The molecule has 10 heteroatoms. The van der Waals surface area contributed by atoms with Crippen LogP contribution in [0.4, 0.5) is 14.5 Å². The van der Waals surface area contributed by atoms with Crippen LogP contribution >= 0.6 is 22.9 Å². The second-order valence-corrected chi connectivity index (χ2v) is 10.8. The molecule has 2 amide bonds. The predicted molar refractivity (Wildman–Crippen MR) is 130 cm³/mol. The molecule has 2 unspecified atom stereocenters. The number of carbonyl (C=O) groups is 2. The van der Waals surface area contributed by atoms with Crippen molar-refractivity contribution in [1.29, 1.82) is 0 Å². The summed E-state index contributed by atoms with van der Waals surface area (Å²) < 4.78 is 26.6. The number of hydrogen-bond donors (Lipinski definition) is 3. The lowest BCUT2D eigenvalue weighted by molar-refractivity contribution is -0.124. The van der Waals surface area contributed by atoms with Crippen LogP contribution in [0.2, 0.25) is 5.02 Å². The summed E-state index contributed by atoms with van der Waals surface area (Å²) in [4.78, 5) is 31.3. The van der Waals surface area contributed by atoms with Crippen molar-refractivity contribution in [2.75, 3.05) is 5.32 Å². The highest BCUT2D eigenvalue weighted by Gasteiger charge is 2.58. The Labute approximate surface area is 206 Å². The maximum Gasteiger partial charge on any atom is 0.270 e. The summed E-state index contributed by atoms with van der Waals surface area (Å²) in [6.45, 7) is 3.85. The number of amides is 2. The third-order valence-corrected chi connectivity index (χ3v) is 7.98. The number of aryl methyl sites for hydroxylation is 1. The molecular formula is C24H29ClF2N4O2S. The molecule has 2 aliphatic carbocycles. The molecule has 34 heavy (non-hydrogen) atoms. The van der Waals surface area contributed by atoms with Crippen molar-refractivity contribution in [2.45, 2.75) is 76.4 Å². The van der Waals surface area contributed by atoms with E-state index in [1.165, 1.54) is 11.3 Å². The molecule has 0 spiro atoms. The molecular weight excluding hydrogens is 482 g/mol. The minimum absolute atomic E-state index is 0.0970. The fourth-order valence-electron chi connectivity index (χ4n) is 4.35. The van der Waals surface area contributed by atoms with Gasteiger partial charge in [-0.2, -0.15) is 0 Å². The number of halogens is 3. The average molecular weight is 511 g/mol. The smallest absolute Gasteiger partial charge is 0.270 e. The zero-order valence-electron chi connectivity index (χ0n) is 19.2. The summed E-state index contributed by atoms with van der Waals surface area (Å²) in [5.74, 6) is -3.43. The van der Waals surface area contributed by atoms with Gasteiger partial charge in [-0.1, -0.05) is 37.3 Å². The lowest BCUT2D eigenvalue weighted by atomic mass is 9.97. The highest BCUT2D eigenvalue weighted by molar-refractivity contribution is 7.14. The first-order valence-electron chi connectivity index (χ1n) is 11.6. The van der Waals surface area contributed by atoms with Crippen molar-refractivity contribution in [3.8, 4) is 0 Å². The third kappa shape index (κ3) is 6.05. The van der Waals surface area contributed by atoms with E-state index in [2.05, 4.69) is 20.9 Å². The molecule has 0 saturated heterocycles. The number of nitrogens with one attached hydrogen (secondary N) is 3. The fourth-order valence-corrected chi connectivity index (χ4v) is 5.42. The molecule has 2 heterocycles. The topological polar surface area (TPSA) is 83.1 Å². The Morgan fingerprint density at radius 1 is 1.29 bits per heavy atom. The van der Waals surface area contributed by atoms with Gasteiger partial charge in [-0.05, 0) is 44.4 Å². The number of thiophene rings is 1. The first-order valence-corrected chi connectivity index (χ1v) is 12.8. The van der Waals surface area contributed by atoms with E-state index in [1.54, 1.807) is 18.3 Å². The number of anilines is 1. The molecule has 2 fully saturated rings. The lowest BCUT2D eigenvalue weighted by Crippen LogP contribution is -2.48. The van der Waals surface area contributed by atoms with Gasteiger partial charge in [-0.15, -0.1) is 11.3 Å². The SMILES string of the molecule is Cc1ncc(Cl)cc1NC(C)c1ccc(C(=O)N[C@@H](CC2CCCC2)C(=O)NC2CC2(F)F)s1. The van der Waals surface area contributed by atoms with E-state index in [0.717, 1.165) is 41.9 Å². The largest absolute Gasteiger partial charge is 0.376 e. The monoisotopic (exact) mass is 510 g/mol. The highest BCUT2D eigenvalue weighted by atomic mass is 35.5. The number of hydrogen-bond acceptors (Lipinski definition) is 5. The summed E-state index contributed by atoms with van der Waals surface area (Å²) in [6.07, 6.45) is 5.87. The molecule has 3 atom stereocenters. The standard InChI is InChI=1S/C24H29ClF2N4O2S/c1-13-17(10-16(25)12-28-13)29-14(2)19-7-8-20(34-19)23(33)30-18(9-15-5-3-4-6-15)22(32)31-21-11-24(21,26)27/h7-8,10,12,14-15,18,21,29H,3-6,9,11H2,1-2H3,(H,30,33)(H,31,32)/t14?,18-,21?/m0/s1. The van der Waals surface area contributed by atoms with Crippen molar-refractivity contribution in [3.05, 3.63) is 44.9 Å². The van der Waals surface area contributed by atoms with Crippen LogP contribution in [-0.2, 0) is 4.79 Å². The number of alkyl halides is 2. The maximum absolute atomic E-state index is 13.3. The minimum Gasteiger partial charge on any atom is -0.376 e. The van der Waals surface area contributed by atoms with Gasteiger partial charge in [0.15, 0.2) is 0 Å². The third-order valence-electron chi connectivity index (χ3n) is 6.51. The van der Waals surface area contributed by atoms with Crippen LogP contribution in [0.25, 0.3) is 0 Å². The number of rotatable bonds is 9. The predicted octanol–water partition coefficient (Wildman–Crippen LogP) is 5.48. The van der Waals surface area contributed by atoms with E-state index in [1.807, 2.05) is 19.9 Å². The number of nitrogens with zero attached hydrogens (tertiary/aromatic N) is 1. The Balaban J connectivity index is 1.40. The molecule has 184 valence electrons. The van der Waals surface area contributed by atoms with E-state index < -0.39 is 23.9 Å². The molecule has 0 radical (unpaired) electrons. The van der Waals surface area contributed by atoms with Crippen molar-refractivity contribution in [1.82, 2.24) is 15.6 Å². The van der Waals surface area contributed by atoms with E-state index in [4.69, 9.17) is 11.6 Å². The van der Waals surface area contributed by atoms with Crippen molar-refractivity contribution in [3.63, 3.8) is 0 Å². The second kappa shape index (κ2) is 10.2. The average Bonchev–Trinajstić information content (AvgIpc) is 3.22. The van der Waals surface area contributed by atoms with Crippen molar-refractivity contribution in [2.24, 2.45) is 5.92 Å². The molecule has 4 rings (SSSR count). The zero-order valence-corrected chi connectivity index (χ0v) is 20.7. The van der Waals surface area contributed by atoms with Crippen LogP contribution in [0.15, 0.2) is 24.4 Å². The van der Waals surface area contributed by atoms with Gasteiger partial charge in [-0.25, -0.2) is 8.78 Å². The normalized spacial score (nSPS) is 21.0. The first-order chi connectivity index (χ1) is 16.1. The van der Waals surface area contributed by atoms with Crippen LogP contribution in [0.1, 0.15) is 71.7 Å². The van der Waals surface area contributed by atoms with Crippen LogP contribution in [-0.4, -0.2) is 34.8 Å². The van der Waals surface area contributed by atoms with Gasteiger partial charge in [-0.3, -0.25) is 14.6 Å². The first kappa shape index (κ1) is 24.9. The van der Waals surface area contributed by atoms with Crippen LogP contribution < -0.4 is 16.0 Å². The van der Waals surface area contributed by atoms with Gasteiger partial charge in [0.05, 0.1) is 33.4 Å². The Hall–Kier alpha value is -2.26. The molecule has 3 N–H and O–H groups in total.